The van der Waals surface area contributed by atoms with Crippen LogP contribution < -0.4 is 14.7 Å². The summed E-state index contributed by atoms with van der Waals surface area (Å²) < 4.78 is 0. The van der Waals surface area contributed by atoms with E-state index in [1.165, 1.54) is 83.8 Å². The number of rotatable bonds is 12. The van der Waals surface area contributed by atoms with Gasteiger partial charge in [-0.25, -0.2) is 0 Å². The quantitative estimate of drug-likeness (QED) is 0.113. The van der Waals surface area contributed by atoms with Gasteiger partial charge in [-0.1, -0.05) is 109 Å². The third kappa shape index (κ3) is 9.15. The van der Waals surface area contributed by atoms with Crippen LogP contribution in [-0.2, 0) is 0 Å². The Kier molecular flexibility index (Phi) is 12.7. The van der Waals surface area contributed by atoms with Gasteiger partial charge in [-0.2, -0.15) is 0 Å². The van der Waals surface area contributed by atoms with E-state index >= 15 is 0 Å². The van der Waals surface area contributed by atoms with Crippen LogP contribution in [0.15, 0.2) is 200 Å². The molecule has 0 spiro atoms. The Morgan fingerprint density at radius 3 is 0.746 bits per heavy atom. The second kappa shape index (κ2) is 19.1. The van der Waals surface area contributed by atoms with Crippen molar-refractivity contribution >= 4 is 51.2 Å². The van der Waals surface area contributed by atoms with Gasteiger partial charge in [0.2, 0.25) is 0 Å². The van der Waals surface area contributed by atoms with Crippen LogP contribution in [0.1, 0.15) is 72.7 Å². The zero-order valence-corrected chi connectivity index (χ0v) is 40.5. The molecule has 0 aromatic heterocycles. The maximum Gasteiger partial charge on any atom is 0.0493 e. The first-order valence-corrected chi connectivity index (χ1v) is 23.5. The summed E-state index contributed by atoms with van der Waals surface area (Å²) in [5.74, 6) is -0.0503. The molecule has 67 heavy (non-hydrogen) atoms. The Morgan fingerprint density at radius 1 is 0.239 bits per heavy atom. The second-order valence-corrected chi connectivity index (χ2v) is 18.4. The highest BCUT2D eigenvalue weighted by atomic mass is 15.2. The highest BCUT2D eigenvalue weighted by Crippen LogP contribution is 2.47. The predicted molar refractivity (Wildman–Crippen MR) is 287 cm³/mol. The van der Waals surface area contributed by atoms with Crippen molar-refractivity contribution in [2.24, 2.45) is 0 Å². The van der Waals surface area contributed by atoms with Gasteiger partial charge in [0.1, 0.15) is 0 Å². The molecule has 9 rings (SSSR count). The van der Waals surface area contributed by atoms with Crippen molar-refractivity contribution in [3.05, 3.63) is 267 Å². The first-order chi connectivity index (χ1) is 32.4. The van der Waals surface area contributed by atoms with Crippen LogP contribution in [0.4, 0.5) is 51.2 Å². The van der Waals surface area contributed by atoms with Crippen molar-refractivity contribution < 1.29 is 0 Å². The molecular weight excluding hydrogens is 811 g/mol. The second-order valence-electron chi connectivity index (χ2n) is 18.4. The van der Waals surface area contributed by atoms with Crippen LogP contribution in [0.3, 0.4) is 0 Å². The van der Waals surface area contributed by atoms with Gasteiger partial charge < -0.3 is 14.7 Å². The van der Waals surface area contributed by atoms with Gasteiger partial charge in [-0.15, -0.1) is 0 Å². The minimum atomic E-state index is -0.0503. The van der Waals surface area contributed by atoms with Crippen molar-refractivity contribution in [1.29, 1.82) is 0 Å². The maximum atomic E-state index is 2.47. The van der Waals surface area contributed by atoms with E-state index in [-0.39, 0.29) is 5.92 Å². The molecule has 0 fully saturated rings. The van der Waals surface area contributed by atoms with Crippen molar-refractivity contribution in [1.82, 2.24) is 0 Å². The third-order valence-corrected chi connectivity index (χ3v) is 13.2. The first kappa shape index (κ1) is 44.6. The van der Waals surface area contributed by atoms with E-state index in [2.05, 4.69) is 277 Å². The summed E-state index contributed by atoms with van der Waals surface area (Å²) in [6, 6.07) is 73.5. The number of para-hydroxylation sites is 3. The van der Waals surface area contributed by atoms with Gasteiger partial charge in [0.15, 0.2) is 0 Å². The molecule has 0 aliphatic rings. The van der Waals surface area contributed by atoms with Crippen LogP contribution >= 0.6 is 0 Å². The van der Waals surface area contributed by atoms with Gasteiger partial charge in [0.05, 0.1) is 0 Å². The Morgan fingerprint density at radius 2 is 0.493 bits per heavy atom. The van der Waals surface area contributed by atoms with Crippen LogP contribution in [0.2, 0.25) is 0 Å². The summed E-state index contributed by atoms with van der Waals surface area (Å²) >= 11 is 0. The van der Waals surface area contributed by atoms with Gasteiger partial charge in [0, 0.05) is 57.1 Å². The fourth-order valence-electron chi connectivity index (χ4n) is 9.94. The number of hydrogen-bond acceptors (Lipinski definition) is 3. The van der Waals surface area contributed by atoms with Crippen molar-refractivity contribution in [3.8, 4) is 0 Å². The van der Waals surface area contributed by atoms with E-state index in [9.17, 15) is 0 Å². The molecular formula is C64H61N3. The van der Waals surface area contributed by atoms with Crippen LogP contribution in [-0.4, -0.2) is 0 Å². The summed E-state index contributed by atoms with van der Waals surface area (Å²) in [6.45, 7) is 20.3. The molecule has 0 heterocycles. The topological polar surface area (TPSA) is 9.72 Å². The van der Waals surface area contributed by atoms with E-state index in [1.807, 2.05) is 0 Å². The predicted octanol–water partition coefficient (Wildman–Crippen LogP) is 18.1. The number of hydrogen-bond donors (Lipinski definition) is 0. The van der Waals surface area contributed by atoms with Crippen molar-refractivity contribution in [3.63, 3.8) is 0 Å². The molecule has 0 amide bonds. The molecule has 9 aromatic carbocycles. The number of benzene rings is 9. The summed E-state index contributed by atoms with van der Waals surface area (Å²) in [7, 11) is 0. The molecule has 332 valence electrons. The van der Waals surface area contributed by atoms with Crippen LogP contribution in [0, 0.1) is 62.3 Å². The molecule has 0 saturated heterocycles. The Hall–Kier alpha value is -7.62. The normalized spacial score (nSPS) is 11.2. The molecule has 0 aliphatic carbocycles. The monoisotopic (exact) mass is 871 g/mol. The molecule has 0 N–H and O–H groups in total. The third-order valence-electron chi connectivity index (χ3n) is 13.2. The Labute approximate surface area is 399 Å². The van der Waals surface area contributed by atoms with Crippen molar-refractivity contribution in [2.45, 2.75) is 68.2 Å². The van der Waals surface area contributed by atoms with Gasteiger partial charge in [-0.3, -0.25) is 0 Å². The maximum absolute atomic E-state index is 2.47. The fraction of sp³-hybridized carbons (Fsp3) is 0.156. The average Bonchev–Trinajstić information content (AvgIpc) is 3.32. The molecule has 0 bridgehead atoms. The molecule has 0 radical (unpaired) electrons. The van der Waals surface area contributed by atoms with E-state index in [0.717, 1.165) is 34.1 Å². The summed E-state index contributed by atoms with van der Waals surface area (Å²) in [5.41, 5.74) is 25.4. The van der Waals surface area contributed by atoms with Crippen molar-refractivity contribution in [2.75, 3.05) is 14.7 Å². The summed E-state index contributed by atoms with van der Waals surface area (Å²) in [6.07, 6.45) is 0. The zero-order valence-electron chi connectivity index (χ0n) is 40.5. The van der Waals surface area contributed by atoms with E-state index in [0.29, 0.717) is 0 Å². The van der Waals surface area contributed by atoms with Gasteiger partial charge >= 0.3 is 0 Å². The molecule has 3 heteroatoms. The Balaban J connectivity index is 1.26. The lowest BCUT2D eigenvalue weighted by atomic mass is 9.77. The molecule has 0 saturated carbocycles. The van der Waals surface area contributed by atoms with E-state index < -0.39 is 0 Å². The minimum Gasteiger partial charge on any atom is -0.310 e. The molecule has 0 unspecified atom stereocenters. The van der Waals surface area contributed by atoms with Gasteiger partial charge in [0.25, 0.3) is 0 Å². The standard InChI is InChI=1S/C64H61N3/c1-43-22-19-31-55(34-43)65(52-25-13-10-14-26-52)61-40-46(4)58(37-49(61)7)64(59-38-50(8)62(41-47(59)5)66(53-27-15-11-16-28-53)56-32-20-23-44(2)35-56)60-39-51(9)63(42-48(60)6)67(54-29-17-12-18-30-54)57-33-21-24-45(3)36-57/h10-42,64H,1-9H3. The summed E-state index contributed by atoms with van der Waals surface area (Å²) in [4.78, 5) is 7.24. The first-order valence-electron chi connectivity index (χ1n) is 23.5. The van der Waals surface area contributed by atoms with Crippen LogP contribution in [0.5, 0.6) is 0 Å². The zero-order chi connectivity index (χ0) is 46.8. The number of nitrogens with zero attached hydrogens (tertiary/aromatic N) is 3. The fourth-order valence-corrected chi connectivity index (χ4v) is 9.94. The number of aryl methyl sites for hydroxylation is 9. The molecule has 0 atom stereocenters. The highest BCUT2D eigenvalue weighted by molar-refractivity contribution is 5.83. The van der Waals surface area contributed by atoms with Crippen LogP contribution in [0.25, 0.3) is 0 Å². The Bertz CT molecular complexity index is 2840. The minimum absolute atomic E-state index is 0.0503. The largest absolute Gasteiger partial charge is 0.310 e. The lowest BCUT2D eigenvalue weighted by molar-refractivity contribution is 0.927. The van der Waals surface area contributed by atoms with E-state index in [1.54, 1.807) is 0 Å². The summed E-state index contributed by atoms with van der Waals surface area (Å²) in [5, 5.41) is 0. The van der Waals surface area contributed by atoms with E-state index in [4.69, 9.17) is 0 Å². The smallest absolute Gasteiger partial charge is 0.0493 e. The SMILES string of the molecule is Cc1cccc(N(c2ccccc2)c2cc(C)c(C(c3cc(C)c(N(c4ccccc4)c4cccc(C)c4)cc3C)c3cc(C)c(N(c4ccccc4)c4cccc(C)c4)cc3C)cc2C)c1. The molecule has 0 aliphatic heterocycles. The lowest BCUT2D eigenvalue weighted by Crippen LogP contribution is -2.16. The van der Waals surface area contributed by atoms with Gasteiger partial charge in [-0.05, 0) is 220 Å². The molecule has 3 nitrogen and oxygen atoms in total. The molecule has 9 aromatic rings. The average molecular weight is 872 g/mol. The number of anilines is 9. The lowest BCUT2D eigenvalue weighted by Gasteiger charge is -2.33. The highest BCUT2D eigenvalue weighted by Gasteiger charge is 2.28.